The second kappa shape index (κ2) is 17.1. The predicted molar refractivity (Wildman–Crippen MR) is 239 cm³/mol. The molecule has 4 rings (SSSR count). The fourth-order valence-corrected chi connectivity index (χ4v) is 6.32. The molecule has 57 heavy (non-hydrogen) atoms. The highest BCUT2D eigenvalue weighted by Gasteiger charge is 2.29. The largest absolute Gasteiger partial charge is 0.424 e. The maximum absolute atomic E-state index is 6.66. The lowest BCUT2D eigenvalue weighted by Gasteiger charge is -2.29. The van der Waals surface area contributed by atoms with Crippen LogP contribution in [0.25, 0.3) is 0 Å². The maximum Gasteiger partial charge on any atom is 0.331 e. The molecule has 0 bridgehead atoms. The average Bonchev–Trinajstić information content (AvgIpc) is 3.17. The molecule has 0 unspecified atom stereocenters. The molecule has 0 fully saturated rings. The first kappa shape index (κ1) is 45.8. The summed E-state index contributed by atoms with van der Waals surface area (Å²) in [6, 6.07) is 20.0. The summed E-state index contributed by atoms with van der Waals surface area (Å²) in [7, 11) is 0. The molecule has 0 saturated carbocycles. The third-order valence-corrected chi connectivity index (χ3v) is 13.9. The molecule has 0 aliphatic carbocycles. The number of hydrogen-bond acceptors (Lipinski definition) is 6. The van der Waals surface area contributed by atoms with Crippen molar-refractivity contribution in [3.63, 3.8) is 0 Å². The fourth-order valence-electron chi connectivity index (χ4n) is 6.32. The summed E-state index contributed by atoms with van der Waals surface area (Å²) in [5.41, 5.74) is 6.95. The van der Waals surface area contributed by atoms with Crippen molar-refractivity contribution in [2.24, 2.45) is 0 Å². The zero-order chi connectivity index (χ0) is 42.8. The number of rotatable bonds is 18. The summed E-state index contributed by atoms with van der Waals surface area (Å²) >= 11 is 0. The van der Waals surface area contributed by atoms with Crippen LogP contribution in [0.4, 0.5) is 0 Å². The van der Waals surface area contributed by atoms with Gasteiger partial charge in [0.15, 0.2) is 0 Å². The van der Waals surface area contributed by atoms with Crippen LogP contribution in [0.5, 0.6) is 35.3 Å². The van der Waals surface area contributed by atoms with Gasteiger partial charge in [-0.3, -0.25) is 0 Å². The van der Waals surface area contributed by atoms with Gasteiger partial charge in [-0.2, -0.15) is 0 Å². The first-order chi connectivity index (χ1) is 26.3. The van der Waals surface area contributed by atoms with Gasteiger partial charge in [0, 0.05) is 0 Å². The number of hydrogen-bond donors (Lipinski definition) is 0. The molecule has 0 amide bonds. The Balaban J connectivity index is 1.95. The Morgan fingerprint density at radius 3 is 0.596 bits per heavy atom. The van der Waals surface area contributed by atoms with Crippen LogP contribution in [-0.2, 0) is 32.5 Å². The van der Waals surface area contributed by atoms with E-state index in [4.69, 9.17) is 29.2 Å². The Morgan fingerprint density at radius 1 is 0.298 bits per heavy atom. The lowest BCUT2D eigenvalue weighted by atomic mass is 9.76. The lowest BCUT2D eigenvalue weighted by molar-refractivity contribution is 0.358. The van der Waals surface area contributed by atoms with Gasteiger partial charge in [-0.15, -0.1) is 15.0 Å². The van der Waals surface area contributed by atoms with Gasteiger partial charge in [-0.25, -0.2) is 0 Å². The van der Waals surface area contributed by atoms with Crippen molar-refractivity contribution in [1.29, 1.82) is 0 Å². The minimum atomic E-state index is -0.0535. The minimum Gasteiger partial charge on any atom is -0.424 e. The summed E-state index contributed by atoms with van der Waals surface area (Å²) in [4.78, 5) is 14.4. The molecule has 1 aromatic heterocycles. The number of ether oxygens (including phenoxy) is 3. The van der Waals surface area contributed by atoms with Crippen molar-refractivity contribution in [3.8, 4) is 35.3 Å². The zero-order valence-corrected chi connectivity index (χ0v) is 39.0. The molecule has 0 saturated heterocycles. The normalized spacial score (nSPS) is 13.2. The van der Waals surface area contributed by atoms with E-state index in [1.54, 1.807) is 0 Å². The van der Waals surface area contributed by atoms with E-state index in [1.807, 2.05) is 0 Å². The fraction of sp³-hybridized carbons (Fsp3) is 0.588. The number of benzene rings is 3. The molecule has 6 nitrogen and oxygen atoms in total. The Kier molecular flexibility index (Phi) is 13.7. The third kappa shape index (κ3) is 10.8. The van der Waals surface area contributed by atoms with Crippen LogP contribution in [0.3, 0.4) is 0 Å². The van der Waals surface area contributed by atoms with E-state index < -0.39 is 0 Å². The van der Waals surface area contributed by atoms with Crippen LogP contribution in [0.2, 0.25) is 0 Å². The smallest absolute Gasteiger partial charge is 0.331 e. The van der Waals surface area contributed by atoms with Crippen molar-refractivity contribution in [3.05, 3.63) is 88.0 Å². The molecule has 6 heteroatoms. The topological polar surface area (TPSA) is 66.4 Å². The van der Waals surface area contributed by atoms with Gasteiger partial charge in [0.25, 0.3) is 0 Å². The van der Waals surface area contributed by atoms with Gasteiger partial charge in [0.05, 0.1) is 0 Å². The van der Waals surface area contributed by atoms with Gasteiger partial charge < -0.3 is 14.2 Å². The van der Waals surface area contributed by atoms with Crippen molar-refractivity contribution in [1.82, 2.24) is 15.0 Å². The third-order valence-electron chi connectivity index (χ3n) is 13.9. The molecule has 0 aliphatic heterocycles. The zero-order valence-electron chi connectivity index (χ0n) is 39.0. The van der Waals surface area contributed by atoms with E-state index in [9.17, 15) is 0 Å². The maximum atomic E-state index is 6.66. The van der Waals surface area contributed by atoms with E-state index in [1.165, 1.54) is 33.4 Å². The molecule has 4 aromatic rings. The molecule has 0 aliphatic rings. The Hall–Kier alpha value is -3.93. The highest BCUT2D eigenvalue weighted by atomic mass is 16.5. The summed E-state index contributed by atoms with van der Waals surface area (Å²) in [6.45, 7) is 40.7. The highest BCUT2D eigenvalue weighted by Crippen LogP contribution is 2.41. The van der Waals surface area contributed by atoms with E-state index in [0.29, 0.717) is 17.2 Å². The lowest BCUT2D eigenvalue weighted by Crippen LogP contribution is -2.20. The summed E-state index contributed by atoms with van der Waals surface area (Å²) in [6.07, 6.45) is 5.91. The minimum absolute atomic E-state index is 0.0535. The van der Waals surface area contributed by atoms with Crippen LogP contribution in [0.15, 0.2) is 54.6 Å². The van der Waals surface area contributed by atoms with Crippen LogP contribution in [0.1, 0.15) is 197 Å². The molecule has 0 atom stereocenters. The first-order valence-corrected chi connectivity index (χ1v) is 21.6. The SMILES string of the molecule is CCC(C)(C)c1cc(Oc2nc(Oc3cc(C(C)(C)CC)cc(C(C)(C)CC)c3)nc(Oc3cc(C(C)(C)CC)cc(C(C)(C)CC)c3)n2)cc(C(C)(C)CC)c1. The van der Waals surface area contributed by atoms with Gasteiger partial charge in [0.1, 0.15) is 17.2 Å². The molecule has 3 aromatic carbocycles. The van der Waals surface area contributed by atoms with E-state index >= 15 is 0 Å². The van der Waals surface area contributed by atoms with Gasteiger partial charge in [0.2, 0.25) is 0 Å². The van der Waals surface area contributed by atoms with Crippen LogP contribution < -0.4 is 14.2 Å². The van der Waals surface area contributed by atoms with Crippen LogP contribution in [-0.4, -0.2) is 15.0 Å². The Labute approximate surface area is 347 Å². The molecule has 0 N–H and O–H groups in total. The van der Waals surface area contributed by atoms with E-state index in [0.717, 1.165) is 38.5 Å². The second-order valence-electron chi connectivity index (χ2n) is 20.2. The van der Waals surface area contributed by atoms with Crippen molar-refractivity contribution < 1.29 is 14.2 Å². The monoisotopic (exact) mass is 778 g/mol. The van der Waals surface area contributed by atoms with Crippen LogP contribution >= 0.6 is 0 Å². The quantitative estimate of drug-likeness (QED) is 0.100. The summed E-state index contributed by atoms with van der Waals surface area (Å²) in [5.74, 6) is 2.02. The Morgan fingerprint density at radius 2 is 0.456 bits per heavy atom. The van der Waals surface area contributed by atoms with E-state index in [2.05, 4.69) is 179 Å². The molecular weight excluding hydrogens is 703 g/mol. The number of nitrogens with zero attached hydrogens (tertiary/aromatic N) is 3. The van der Waals surface area contributed by atoms with Crippen LogP contribution in [0, 0.1) is 0 Å². The van der Waals surface area contributed by atoms with Crippen molar-refractivity contribution in [2.45, 2.75) is 196 Å². The van der Waals surface area contributed by atoms with Crippen molar-refractivity contribution in [2.75, 3.05) is 0 Å². The van der Waals surface area contributed by atoms with Gasteiger partial charge in [-0.05, 0) is 141 Å². The highest BCUT2D eigenvalue weighted by molar-refractivity contribution is 5.45. The molecule has 312 valence electrons. The molecule has 0 radical (unpaired) electrons. The average molecular weight is 778 g/mol. The number of aromatic nitrogens is 3. The second-order valence-corrected chi connectivity index (χ2v) is 20.2. The predicted octanol–water partition coefficient (Wildman–Crippen LogP) is 15.4. The standard InChI is InChI=1S/C51H75N3O3/c1-19-46(7,8)34-25-35(47(9,10)20-2)29-40(28-34)55-43-52-44(56-41-30-36(48(11,12)21-3)26-37(31-41)49(13,14)22-4)54-45(53-43)57-42-32-38(50(15,16)23-5)27-39(33-42)51(17,18)24-6/h25-33H,19-24H2,1-18H3. The molecular formula is C51H75N3O3. The Bertz CT molecular complexity index is 1660. The molecule has 1 heterocycles. The van der Waals surface area contributed by atoms with Crippen molar-refractivity contribution >= 4 is 0 Å². The summed E-state index contributed by atoms with van der Waals surface area (Å²) < 4.78 is 20.0. The summed E-state index contributed by atoms with van der Waals surface area (Å²) in [5, 5.41) is 0. The van der Waals surface area contributed by atoms with E-state index in [-0.39, 0.29) is 50.5 Å². The van der Waals surface area contributed by atoms with Gasteiger partial charge in [-0.1, -0.05) is 143 Å². The first-order valence-electron chi connectivity index (χ1n) is 21.6. The molecule has 0 spiro atoms. The van der Waals surface area contributed by atoms with Gasteiger partial charge >= 0.3 is 18.0 Å².